The van der Waals surface area contributed by atoms with Crippen molar-refractivity contribution in [2.24, 2.45) is 0 Å². The van der Waals surface area contributed by atoms with Gasteiger partial charge in [0.15, 0.2) is 0 Å². The van der Waals surface area contributed by atoms with Gasteiger partial charge in [0, 0.05) is 29.8 Å². The summed E-state index contributed by atoms with van der Waals surface area (Å²) in [5.74, 6) is 0. The lowest BCUT2D eigenvalue weighted by Crippen LogP contribution is -2.42. The van der Waals surface area contributed by atoms with Crippen molar-refractivity contribution >= 4 is 23.1 Å². The van der Waals surface area contributed by atoms with E-state index in [1.165, 1.54) is 36.5 Å². The Labute approximate surface area is 134 Å². The van der Waals surface area contributed by atoms with Gasteiger partial charge < -0.3 is 0 Å². The molecule has 1 unspecified atom stereocenters. The second-order valence-corrected chi connectivity index (χ2v) is 7.08. The average Bonchev–Trinajstić information content (AvgIpc) is 2.99. The lowest BCUT2D eigenvalue weighted by Gasteiger charge is -2.35. The smallest absolute Gasteiger partial charge is 0.138 e. The van der Waals surface area contributed by atoms with Gasteiger partial charge in [-0.3, -0.25) is 9.58 Å². The average molecular weight is 326 g/mol. The molecule has 1 aliphatic heterocycles. The molecular formula is C14H20ClN5S. The Bertz CT molecular complexity index is 608. The van der Waals surface area contributed by atoms with Gasteiger partial charge in [-0.1, -0.05) is 22.5 Å². The lowest BCUT2D eigenvalue weighted by atomic mass is 10.0. The molecule has 114 valence electrons. The summed E-state index contributed by atoms with van der Waals surface area (Å²) in [4.78, 5) is 2.47. The molecule has 0 saturated carbocycles. The summed E-state index contributed by atoms with van der Waals surface area (Å²) in [7, 11) is 0. The highest BCUT2D eigenvalue weighted by atomic mass is 35.5. The van der Waals surface area contributed by atoms with Crippen LogP contribution in [0.15, 0.2) is 6.07 Å². The Balaban J connectivity index is 1.72. The molecule has 21 heavy (non-hydrogen) atoms. The predicted octanol–water partition coefficient (Wildman–Crippen LogP) is 3.06. The maximum absolute atomic E-state index is 6.14. The van der Waals surface area contributed by atoms with Crippen molar-refractivity contribution in [3.8, 4) is 0 Å². The zero-order valence-corrected chi connectivity index (χ0v) is 14.0. The summed E-state index contributed by atoms with van der Waals surface area (Å²) < 4.78 is 6.77. The summed E-state index contributed by atoms with van der Waals surface area (Å²) >= 11 is 7.41. The summed E-state index contributed by atoms with van der Waals surface area (Å²) in [6.45, 7) is 6.99. The molecule has 2 aromatic heterocycles. The van der Waals surface area contributed by atoms with Gasteiger partial charge in [-0.05, 0) is 39.3 Å². The molecule has 1 atom stereocenters. The van der Waals surface area contributed by atoms with Crippen molar-refractivity contribution in [3.63, 3.8) is 0 Å². The second kappa shape index (κ2) is 6.42. The van der Waals surface area contributed by atoms with E-state index < -0.39 is 0 Å². The molecule has 0 radical (unpaired) electrons. The van der Waals surface area contributed by atoms with Gasteiger partial charge in [0.2, 0.25) is 0 Å². The summed E-state index contributed by atoms with van der Waals surface area (Å²) in [6, 6.07) is 2.63. The van der Waals surface area contributed by atoms with E-state index in [1.54, 1.807) is 0 Å². The molecule has 0 aromatic carbocycles. The molecule has 1 aliphatic rings. The number of hydrogen-bond donors (Lipinski definition) is 0. The summed E-state index contributed by atoms with van der Waals surface area (Å²) in [5.41, 5.74) is 3.22. The molecule has 0 N–H and O–H groups in total. The topological polar surface area (TPSA) is 46.8 Å². The fourth-order valence-electron chi connectivity index (χ4n) is 3.02. The Morgan fingerprint density at radius 3 is 2.90 bits per heavy atom. The van der Waals surface area contributed by atoms with Crippen LogP contribution in [0.1, 0.15) is 36.3 Å². The third-order valence-corrected chi connectivity index (χ3v) is 5.08. The van der Waals surface area contributed by atoms with Crippen LogP contribution in [0.5, 0.6) is 0 Å². The van der Waals surface area contributed by atoms with Crippen LogP contribution in [0.2, 0.25) is 4.34 Å². The molecule has 5 nitrogen and oxygen atoms in total. The number of aryl methyl sites for hydroxylation is 2. The van der Waals surface area contributed by atoms with Crippen LogP contribution in [0.25, 0.3) is 0 Å². The van der Waals surface area contributed by atoms with Gasteiger partial charge >= 0.3 is 0 Å². The fraction of sp³-hybridized carbons (Fsp3) is 0.643. The Hall–Kier alpha value is -0.980. The SMILES string of the molecule is Cc1cc(C)n(CC2CCCCN2Cc2nnsc2Cl)n1. The number of aromatic nitrogens is 4. The first-order valence-corrected chi connectivity index (χ1v) is 8.50. The van der Waals surface area contributed by atoms with Crippen molar-refractivity contribution in [3.05, 3.63) is 27.5 Å². The molecule has 1 fully saturated rings. The maximum Gasteiger partial charge on any atom is 0.138 e. The molecule has 7 heteroatoms. The van der Waals surface area contributed by atoms with Crippen LogP contribution in [0.3, 0.4) is 0 Å². The second-order valence-electron chi connectivity index (χ2n) is 5.72. The third-order valence-electron chi connectivity index (χ3n) is 4.10. The van der Waals surface area contributed by atoms with E-state index in [9.17, 15) is 0 Å². The van der Waals surface area contributed by atoms with Crippen LogP contribution >= 0.6 is 23.1 Å². The van der Waals surface area contributed by atoms with Crippen LogP contribution in [0, 0.1) is 13.8 Å². The minimum atomic E-state index is 0.495. The van der Waals surface area contributed by atoms with Gasteiger partial charge in [0.25, 0.3) is 0 Å². The zero-order valence-electron chi connectivity index (χ0n) is 12.4. The lowest BCUT2D eigenvalue weighted by molar-refractivity contribution is 0.120. The van der Waals surface area contributed by atoms with Gasteiger partial charge in [-0.15, -0.1) is 5.10 Å². The molecule has 0 bridgehead atoms. The van der Waals surface area contributed by atoms with Crippen LogP contribution in [0.4, 0.5) is 0 Å². The highest BCUT2D eigenvalue weighted by Gasteiger charge is 2.25. The monoisotopic (exact) mass is 325 g/mol. The van der Waals surface area contributed by atoms with Gasteiger partial charge in [-0.2, -0.15) is 5.10 Å². The van der Waals surface area contributed by atoms with Gasteiger partial charge in [0.1, 0.15) is 10.0 Å². The summed E-state index contributed by atoms with van der Waals surface area (Å²) in [5, 5.41) is 8.74. The normalized spacial score (nSPS) is 20.0. The first-order chi connectivity index (χ1) is 10.1. The number of hydrogen-bond acceptors (Lipinski definition) is 5. The van der Waals surface area contributed by atoms with E-state index in [-0.39, 0.29) is 0 Å². The van der Waals surface area contributed by atoms with Gasteiger partial charge in [-0.25, -0.2) is 0 Å². The van der Waals surface area contributed by atoms with E-state index in [1.807, 2.05) is 6.92 Å². The predicted molar refractivity (Wildman–Crippen MR) is 84.7 cm³/mol. The van der Waals surface area contributed by atoms with Crippen molar-refractivity contribution in [2.45, 2.75) is 52.2 Å². The largest absolute Gasteiger partial charge is 0.293 e. The molecule has 2 aromatic rings. The molecule has 0 amide bonds. The standard InChI is InChI=1S/C14H20ClN5S/c1-10-7-11(2)20(17-10)8-12-5-3-4-6-19(12)9-13-14(15)21-18-16-13/h7,12H,3-6,8-9H2,1-2H3. The Kier molecular flexibility index (Phi) is 4.57. The number of likely N-dealkylation sites (tertiary alicyclic amines) is 1. The van der Waals surface area contributed by atoms with E-state index >= 15 is 0 Å². The van der Waals surface area contributed by atoms with Crippen molar-refractivity contribution in [1.82, 2.24) is 24.3 Å². The number of nitrogens with zero attached hydrogens (tertiary/aromatic N) is 5. The number of halogens is 1. The minimum Gasteiger partial charge on any atom is -0.293 e. The first kappa shape index (κ1) is 14.9. The molecule has 3 rings (SSSR count). The first-order valence-electron chi connectivity index (χ1n) is 7.35. The Morgan fingerprint density at radius 1 is 1.38 bits per heavy atom. The van der Waals surface area contributed by atoms with E-state index in [4.69, 9.17) is 11.6 Å². The fourth-order valence-corrected chi connectivity index (χ4v) is 3.63. The quantitative estimate of drug-likeness (QED) is 0.866. The molecule has 1 saturated heterocycles. The molecule has 0 aliphatic carbocycles. The van der Waals surface area contributed by atoms with Crippen LogP contribution in [-0.4, -0.2) is 36.9 Å². The van der Waals surface area contributed by atoms with Gasteiger partial charge in [0.05, 0.1) is 12.2 Å². The Morgan fingerprint density at radius 2 is 2.24 bits per heavy atom. The highest BCUT2D eigenvalue weighted by molar-refractivity contribution is 7.10. The molecule has 0 spiro atoms. The van der Waals surface area contributed by atoms with Crippen molar-refractivity contribution in [2.75, 3.05) is 6.54 Å². The van der Waals surface area contributed by atoms with Crippen molar-refractivity contribution < 1.29 is 0 Å². The van der Waals surface area contributed by atoms with E-state index in [0.29, 0.717) is 10.4 Å². The number of rotatable bonds is 4. The van der Waals surface area contributed by atoms with Crippen LogP contribution < -0.4 is 0 Å². The maximum atomic E-state index is 6.14. The molecular weight excluding hydrogens is 306 g/mol. The summed E-state index contributed by atoms with van der Waals surface area (Å²) in [6.07, 6.45) is 3.72. The molecule has 3 heterocycles. The van der Waals surface area contributed by atoms with E-state index in [2.05, 4.69) is 37.3 Å². The van der Waals surface area contributed by atoms with E-state index in [0.717, 1.165) is 31.0 Å². The highest BCUT2D eigenvalue weighted by Crippen LogP contribution is 2.24. The minimum absolute atomic E-state index is 0.495. The number of piperidine rings is 1. The zero-order chi connectivity index (χ0) is 14.8. The third kappa shape index (κ3) is 3.44. The van der Waals surface area contributed by atoms with Crippen LogP contribution in [-0.2, 0) is 13.1 Å². The van der Waals surface area contributed by atoms with Crippen molar-refractivity contribution in [1.29, 1.82) is 0 Å².